The van der Waals surface area contributed by atoms with Gasteiger partial charge in [0.05, 0.1) is 18.0 Å². The van der Waals surface area contributed by atoms with Crippen molar-refractivity contribution in [3.05, 3.63) is 23.3 Å². The van der Waals surface area contributed by atoms with Crippen LogP contribution in [0.4, 0.5) is 0 Å². The van der Waals surface area contributed by atoms with Crippen LogP contribution in [-0.2, 0) is 19.3 Å². The molecule has 0 unspecified atom stereocenters. The van der Waals surface area contributed by atoms with Crippen molar-refractivity contribution in [2.75, 3.05) is 7.05 Å². The van der Waals surface area contributed by atoms with Gasteiger partial charge in [0.25, 0.3) is 0 Å². The topological polar surface area (TPSA) is 68.8 Å². The van der Waals surface area contributed by atoms with Crippen molar-refractivity contribution in [1.29, 1.82) is 0 Å². The van der Waals surface area contributed by atoms with Crippen LogP contribution in [0.5, 0.6) is 0 Å². The SMILES string of the molecule is CNCc1nnc(SCc2cc(C(C)C)no2)n1C. The van der Waals surface area contributed by atoms with Crippen molar-refractivity contribution in [1.82, 2.24) is 25.2 Å². The maximum atomic E-state index is 5.30. The third kappa shape index (κ3) is 3.36. The molecule has 0 saturated carbocycles. The van der Waals surface area contributed by atoms with E-state index in [9.17, 15) is 0 Å². The Morgan fingerprint density at radius 3 is 2.84 bits per heavy atom. The molecule has 0 spiro atoms. The minimum absolute atomic E-state index is 0.388. The quantitative estimate of drug-likeness (QED) is 0.816. The molecule has 2 aromatic heterocycles. The fraction of sp³-hybridized carbons (Fsp3) is 0.583. The number of nitrogens with zero attached hydrogens (tertiary/aromatic N) is 4. The molecule has 0 radical (unpaired) electrons. The molecule has 0 amide bonds. The number of thioether (sulfide) groups is 1. The molecule has 2 aromatic rings. The van der Waals surface area contributed by atoms with Crippen molar-refractivity contribution in [2.24, 2.45) is 7.05 Å². The van der Waals surface area contributed by atoms with E-state index in [4.69, 9.17) is 4.52 Å². The highest BCUT2D eigenvalue weighted by Gasteiger charge is 2.11. The van der Waals surface area contributed by atoms with Crippen LogP contribution in [0.15, 0.2) is 15.7 Å². The smallest absolute Gasteiger partial charge is 0.191 e. The lowest BCUT2D eigenvalue weighted by Gasteiger charge is -2.01. The molecule has 6 nitrogen and oxygen atoms in total. The summed E-state index contributed by atoms with van der Waals surface area (Å²) in [5, 5.41) is 16.3. The van der Waals surface area contributed by atoms with Crippen molar-refractivity contribution in [3.63, 3.8) is 0 Å². The number of nitrogens with one attached hydrogen (secondary N) is 1. The highest BCUT2D eigenvalue weighted by atomic mass is 32.2. The summed E-state index contributed by atoms with van der Waals surface area (Å²) in [6.07, 6.45) is 0. The molecule has 19 heavy (non-hydrogen) atoms. The third-order valence-corrected chi connectivity index (χ3v) is 3.81. The Kier molecular flexibility index (Phi) is 4.60. The van der Waals surface area contributed by atoms with Gasteiger partial charge in [-0.25, -0.2) is 0 Å². The molecule has 0 atom stereocenters. The van der Waals surface area contributed by atoms with E-state index in [1.165, 1.54) is 0 Å². The molecular formula is C12H19N5OS. The Labute approximate surface area is 117 Å². The second kappa shape index (κ2) is 6.21. The first-order valence-electron chi connectivity index (χ1n) is 6.23. The Hall–Kier alpha value is -1.34. The summed E-state index contributed by atoms with van der Waals surface area (Å²) >= 11 is 1.60. The first kappa shape index (κ1) is 14.1. The van der Waals surface area contributed by atoms with Gasteiger partial charge in [-0.05, 0) is 13.0 Å². The average molecular weight is 281 g/mol. The van der Waals surface area contributed by atoms with Crippen molar-refractivity contribution in [3.8, 4) is 0 Å². The van der Waals surface area contributed by atoms with Gasteiger partial charge in [0.15, 0.2) is 5.16 Å². The molecule has 2 heterocycles. The zero-order chi connectivity index (χ0) is 13.8. The standard InChI is InChI=1S/C12H19N5OS/c1-8(2)10-5-9(18-16-10)7-19-12-15-14-11(6-13-3)17(12)4/h5,8,13H,6-7H2,1-4H3. The minimum atomic E-state index is 0.388. The van der Waals surface area contributed by atoms with Crippen molar-refractivity contribution < 1.29 is 4.52 Å². The lowest BCUT2D eigenvalue weighted by Crippen LogP contribution is -2.10. The van der Waals surface area contributed by atoms with E-state index in [-0.39, 0.29) is 0 Å². The van der Waals surface area contributed by atoms with Gasteiger partial charge in [-0.2, -0.15) is 0 Å². The lowest BCUT2D eigenvalue weighted by atomic mass is 10.1. The van der Waals surface area contributed by atoms with E-state index < -0.39 is 0 Å². The summed E-state index contributed by atoms with van der Waals surface area (Å²) < 4.78 is 7.29. The summed E-state index contributed by atoms with van der Waals surface area (Å²) in [5.41, 5.74) is 0.990. The monoisotopic (exact) mass is 281 g/mol. The van der Waals surface area contributed by atoms with E-state index in [2.05, 4.69) is 34.5 Å². The van der Waals surface area contributed by atoms with Gasteiger partial charge in [0.1, 0.15) is 11.6 Å². The maximum Gasteiger partial charge on any atom is 0.191 e. The van der Waals surface area contributed by atoms with Crippen LogP contribution >= 0.6 is 11.8 Å². The van der Waals surface area contributed by atoms with E-state index in [1.54, 1.807) is 11.8 Å². The number of hydrogen-bond acceptors (Lipinski definition) is 6. The average Bonchev–Trinajstić information content (AvgIpc) is 2.97. The summed E-state index contributed by atoms with van der Waals surface area (Å²) in [4.78, 5) is 0. The van der Waals surface area contributed by atoms with E-state index in [0.717, 1.165) is 22.4 Å². The number of aromatic nitrogens is 4. The summed E-state index contributed by atoms with van der Waals surface area (Å²) in [5.74, 6) is 2.89. The molecule has 0 aromatic carbocycles. The number of hydrogen-bond donors (Lipinski definition) is 1. The largest absolute Gasteiger partial charge is 0.360 e. The van der Waals surface area contributed by atoms with E-state index in [1.807, 2.05) is 24.7 Å². The van der Waals surface area contributed by atoms with Gasteiger partial charge in [-0.1, -0.05) is 30.8 Å². The molecule has 0 aliphatic carbocycles. The van der Waals surface area contributed by atoms with Gasteiger partial charge >= 0.3 is 0 Å². The molecule has 0 aliphatic heterocycles. The van der Waals surface area contributed by atoms with Crippen LogP contribution < -0.4 is 5.32 Å². The van der Waals surface area contributed by atoms with Crippen LogP contribution in [0.1, 0.15) is 37.0 Å². The molecule has 0 bridgehead atoms. The van der Waals surface area contributed by atoms with E-state index >= 15 is 0 Å². The predicted molar refractivity (Wildman–Crippen MR) is 73.9 cm³/mol. The van der Waals surface area contributed by atoms with Crippen molar-refractivity contribution >= 4 is 11.8 Å². The van der Waals surface area contributed by atoms with Gasteiger partial charge in [0, 0.05) is 13.1 Å². The van der Waals surface area contributed by atoms with Gasteiger partial charge in [-0.3, -0.25) is 0 Å². The van der Waals surface area contributed by atoms with Crippen LogP contribution in [0, 0.1) is 0 Å². The van der Waals surface area contributed by atoms with Crippen LogP contribution in [0.25, 0.3) is 0 Å². The summed E-state index contributed by atoms with van der Waals surface area (Å²) in [7, 11) is 3.86. The van der Waals surface area contributed by atoms with Crippen LogP contribution in [-0.4, -0.2) is 27.0 Å². The zero-order valence-electron chi connectivity index (χ0n) is 11.7. The predicted octanol–water partition coefficient (Wildman–Crippen LogP) is 1.94. The highest BCUT2D eigenvalue weighted by molar-refractivity contribution is 7.98. The molecule has 0 fully saturated rings. The van der Waals surface area contributed by atoms with Gasteiger partial charge < -0.3 is 14.4 Å². The first-order chi connectivity index (χ1) is 9.11. The maximum absolute atomic E-state index is 5.30. The Balaban J connectivity index is 1.98. The molecule has 2 rings (SSSR count). The molecule has 1 N–H and O–H groups in total. The van der Waals surface area contributed by atoms with Crippen molar-refractivity contribution in [2.45, 2.75) is 37.2 Å². The van der Waals surface area contributed by atoms with Gasteiger partial charge in [-0.15, -0.1) is 10.2 Å². The molecular weight excluding hydrogens is 262 g/mol. The summed E-state index contributed by atoms with van der Waals surface area (Å²) in [6.45, 7) is 4.91. The van der Waals surface area contributed by atoms with E-state index in [0.29, 0.717) is 18.2 Å². The second-order valence-corrected chi connectivity index (χ2v) is 5.59. The second-order valence-electron chi connectivity index (χ2n) is 4.65. The van der Waals surface area contributed by atoms with Gasteiger partial charge in [0.2, 0.25) is 0 Å². The van der Waals surface area contributed by atoms with Crippen LogP contribution in [0.2, 0.25) is 0 Å². The first-order valence-corrected chi connectivity index (χ1v) is 7.21. The fourth-order valence-electron chi connectivity index (χ4n) is 1.59. The lowest BCUT2D eigenvalue weighted by molar-refractivity contribution is 0.385. The zero-order valence-corrected chi connectivity index (χ0v) is 12.5. The summed E-state index contributed by atoms with van der Waals surface area (Å²) in [6, 6.07) is 2.00. The molecule has 0 aliphatic rings. The fourth-order valence-corrected chi connectivity index (χ4v) is 2.39. The normalized spacial score (nSPS) is 11.4. The molecule has 104 valence electrons. The van der Waals surface area contributed by atoms with Crippen LogP contribution in [0.3, 0.4) is 0 Å². The third-order valence-electron chi connectivity index (χ3n) is 2.77. The Morgan fingerprint density at radius 2 is 2.21 bits per heavy atom. The number of rotatable bonds is 6. The minimum Gasteiger partial charge on any atom is -0.360 e. The molecule has 7 heteroatoms. The molecule has 0 saturated heterocycles. The Morgan fingerprint density at radius 1 is 1.42 bits per heavy atom. The Bertz CT molecular complexity index is 534. The highest BCUT2D eigenvalue weighted by Crippen LogP contribution is 2.23.